The lowest BCUT2D eigenvalue weighted by Gasteiger charge is -2.38. The highest BCUT2D eigenvalue weighted by Gasteiger charge is 2.49. The summed E-state index contributed by atoms with van der Waals surface area (Å²) in [5.74, 6) is -3.83. The molecule has 11 heteroatoms. The Morgan fingerprint density at radius 3 is 2.39 bits per heavy atom. The zero-order chi connectivity index (χ0) is 26.5. The van der Waals surface area contributed by atoms with Gasteiger partial charge in [0.25, 0.3) is 0 Å². The lowest BCUT2D eigenvalue weighted by atomic mass is 10.0. The van der Waals surface area contributed by atoms with Gasteiger partial charge >= 0.3 is 5.97 Å². The molecule has 36 heavy (non-hydrogen) atoms. The summed E-state index contributed by atoms with van der Waals surface area (Å²) in [5, 5.41) is 14.1. The summed E-state index contributed by atoms with van der Waals surface area (Å²) in [4.78, 5) is 64.9. The van der Waals surface area contributed by atoms with Crippen molar-refractivity contribution in [1.29, 1.82) is 0 Å². The molecule has 2 aromatic rings. The van der Waals surface area contributed by atoms with Gasteiger partial charge in [-0.3, -0.25) is 24.0 Å². The maximum Gasteiger partial charge on any atom is 0.303 e. The van der Waals surface area contributed by atoms with Crippen LogP contribution in [0.15, 0.2) is 59.5 Å². The number of fused-ring (bicyclic) bond motifs is 1. The number of rotatable bonds is 10. The number of nitrogens with one attached hydrogen (secondary N) is 2. The van der Waals surface area contributed by atoms with Gasteiger partial charge in [-0.05, 0) is 38.0 Å². The molecule has 1 heterocycles. The normalized spacial score (nSPS) is 18.2. The molecule has 3 atom stereocenters. The molecular weight excluding hydrogens is 484 g/mol. The van der Waals surface area contributed by atoms with E-state index >= 15 is 0 Å². The molecule has 0 fully saturated rings. The van der Waals surface area contributed by atoms with E-state index in [0.717, 1.165) is 17.3 Å². The van der Waals surface area contributed by atoms with E-state index in [1.807, 2.05) is 6.07 Å². The van der Waals surface area contributed by atoms with Crippen molar-refractivity contribution in [1.82, 2.24) is 10.2 Å². The Balaban J connectivity index is 1.90. The van der Waals surface area contributed by atoms with Crippen molar-refractivity contribution in [3.8, 4) is 0 Å². The van der Waals surface area contributed by atoms with Gasteiger partial charge in [0.1, 0.15) is 12.1 Å². The van der Waals surface area contributed by atoms with Crippen LogP contribution in [0, 0.1) is 0 Å². The Kier molecular flexibility index (Phi) is 8.36. The molecule has 0 saturated heterocycles. The van der Waals surface area contributed by atoms with Gasteiger partial charge in [-0.2, -0.15) is 0 Å². The predicted molar refractivity (Wildman–Crippen MR) is 134 cm³/mol. The molecule has 1 aliphatic rings. The van der Waals surface area contributed by atoms with Crippen molar-refractivity contribution in [2.45, 2.75) is 55.0 Å². The van der Waals surface area contributed by atoms with Gasteiger partial charge in [0.2, 0.25) is 23.6 Å². The number of amides is 4. The van der Waals surface area contributed by atoms with E-state index in [1.54, 1.807) is 48.5 Å². The minimum atomic E-state index is -1.57. The highest BCUT2D eigenvalue weighted by molar-refractivity contribution is 8.02. The minimum Gasteiger partial charge on any atom is -0.481 e. The first-order valence-electron chi connectivity index (χ1n) is 11.3. The molecule has 2 aromatic carbocycles. The number of thioether (sulfide) groups is 1. The van der Waals surface area contributed by atoms with E-state index in [9.17, 15) is 24.0 Å². The van der Waals surface area contributed by atoms with Gasteiger partial charge < -0.3 is 26.4 Å². The van der Waals surface area contributed by atoms with Crippen LogP contribution in [-0.4, -0.2) is 56.4 Å². The fourth-order valence-electron chi connectivity index (χ4n) is 3.73. The maximum atomic E-state index is 13.9. The number of carbonyl (C=O) groups excluding carboxylic acids is 4. The van der Waals surface area contributed by atoms with Gasteiger partial charge in [-0.1, -0.05) is 54.2 Å². The summed E-state index contributed by atoms with van der Waals surface area (Å²) in [7, 11) is 0. The number of aliphatic carboxylic acids is 1. The molecule has 0 radical (unpaired) electrons. The fraction of sp³-hybridized carbons (Fsp3) is 0.320. The van der Waals surface area contributed by atoms with Crippen molar-refractivity contribution < 1.29 is 29.1 Å². The molecular formula is C25H28N4O6S. The third-order valence-electron chi connectivity index (χ3n) is 5.90. The molecule has 10 nitrogen and oxygen atoms in total. The van der Waals surface area contributed by atoms with Gasteiger partial charge in [0.05, 0.1) is 5.69 Å². The van der Waals surface area contributed by atoms with Crippen LogP contribution >= 0.6 is 11.8 Å². The van der Waals surface area contributed by atoms with E-state index in [1.165, 1.54) is 18.7 Å². The zero-order valence-corrected chi connectivity index (χ0v) is 20.7. The molecule has 0 spiro atoms. The molecule has 4 amide bonds. The topological polar surface area (TPSA) is 159 Å². The number of nitrogens with zero attached hydrogens (tertiary/aromatic N) is 1. The molecule has 0 aliphatic carbocycles. The van der Waals surface area contributed by atoms with Crippen molar-refractivity contribution in [2.75, 3.05) is 5.32 Å². The Labute approximate surface area is 212 Å². The van der Waals surface area contributed by atoms with E-state index in [4.69, 9.17) is 10.8 Å². The maximum absolute atomic E-state index is 13.9. The first-order chi connectivity index (χ1) is 17.0. The number of primary amides is 1. The number of para-hydroxylation sites is 1. The van der Waals surface area contributed by atoms with E-state index in [2.05, 4.69) is 10.6 Å². The van der Waals surface area contributed by atoms with Crippen LogP contribution in [-0.2, 0) is 30.5 Å². The number of carbonyl (C=O) groups is 5. The Morgan fingerprint density at radius 1 is 1.11 bits per heavy atom. The van der Waals surface area contributed by atoms with Gasteiger partial charge in [-0.15, -0.1) is 0 Å². The van der Waals surface area contributed by atoms with Crippen LogP contribution in [0.4, 0.5) is 5.69 Å². The van der Waals surface area contributed by atoms with Crippen LogP contribution in [0.5, 0.6) is 0 Å². The van der Waals surface area contributed by atoms with Crippen molar-refractivity contribution in [3.63, 3.8) is 0 Å². The van der Waals surface area contributed by atoms with Crippen LogP contribution < -0.4 is 16.4 Å². The highest BCUT2D eigenvalue weighted by atomic mass is 32.2. The predicted octanol–water partition coefficient (Wildman–Crippen LogP) is 1.74. The largest absolute Gasteiger partial charge is 0.481 e. The lowest BCUT2D eigenvalue weighted by Crippen LogP contribution is -2.59. The zero-order valence-electron chi connectivity index (χ0n) is 19.9. The van der Waals surface area contributed by atoms with Crippen LogP contribution in [0.2, 0.25) is 0 Å². The molecule has 0 bridgehead atoms. The summed E-state index contributed by atoms with van der Waals surface area (Å²) in [6.45, 7) is 3.01. The average molecular weight is 513 g/mol. The monoisotopic (exact) mass is 512 g/mol. The molecule has 0 aromatic heterocycles. The fourth-order valence-corrected chi connectivity index (χ4v) is 4.90. The molecule has 1 unspecified atom stereocenters. The summed E-state index contributed by atoms with van der Waals surface area (Å²) < 4.78 is -1.57. The van der Waals surface area contributed by atoms with Gasteiger partial charge in [0.15, 0.2) is 4.75 Å². The SMILES string of the molecule is C[C@@H](C(=O)N[C@H](CCC(=O)O)C(N)=O)N(Cc1ccccc1)C(=O)C1(C)Sc2ccccc2NC1=O. The molecule has 3 rings (SSSR count). The van der Waals surface area contributed by atoms with Gasteiger partial charge in [0, 0.05) is 17.9 Å². The smallest absolute Gasteiger partial charge is 0.303 e. The highest BCUT2D eigenvalue weighted by Crippen LogP contribution is 2.43. The summed E-state index contributed by atoms with van der Waals surface area (Å²) in [5.41, 5.74) is 6.68. The second-order valence-electron chi connectivity index (χ2n) is 8.58. The van der Waals surface area contributed by atoms with Crippen LogP contribution in [0.25, 0.3) is 0 Å². The Morgan fingerprint density at radius 2 is 1.75 bits per heavy atom. The van der Waals surface area contributed by atoms with Gasteiger partial charge in [-0.25, -0.2) is 0 Å². The third-order valence-corrected chi connectivity index (χ3v) is 7.25. The van der Waals surface area contributed by atoms with E-state index in [0.29, 0.717) is 10.6 Å². The summed E-state index contributed by atoms with van der Waals surface area (Å²) in [6.07, 6.45) is -0.564. The van der Waals surface area contributed by atoms with Crippen LogP contribution in [0.3, 0.4) is 0 Å². The molecule has 1 aliphatic heterocycles. The van der Waals surface area contributed by atoms with Crippen molar-refractivity contribution in [2.24, 2.45) is 5.73 Å². The number of hydrogen-bond acceptors (Lipinski definition) is 6. The quantitative estimate of drug-likeness (QED) is 0.353. The lowest BCUT2D eigenvalue weighted by molar-refractivity contribution is -0.145. The first-order valence-corrected chi connectivity index (χ1v) is 12.1. The number of nitrogens with two attached hydrogens (primary N) is 1. The van der Waals surface area contributed by atoms with E-state index < -0.39 is 46.4 Å². The second-order valence-corrected chi connectivity index (χ2v) is 10.0. The molecule has 5 N–H and O–H groups in total. The second kappa shape index (κ2) is 11.3. The minimum absolute atomic E-state index is 0.0235. The standard InChI is InChI=1S/C25H28N4O6S/c1-15(22(33)27-18(21(26)32)12-13-20(30)31)29(14-16-8-4-3-5-9-16)24(35)25(2)23(34)28-17-10-6-7-11-19(17)36-25/h3-11,15,18H,12-14H2,1-2H3,(H2,26,32)(H,27,33)(H,28,34)(H,30,31)/t15-,18+,25?/m0/s1. The average Bonchev–Trinajstić information content (AvgIpc) is 2.85. The number of anilines is 1. The Bertz CT molecular complexity index is 1170. The number of carboxylic acids is 1. The summed E-state index contributed by atoms with van der Waals surface area (Å²) in [6, 6.07) is 13.7. The molecule has 190 valence electrons. The summed E-state index contributed by atoms with van der Waals surface area (Å²) >= 11 is 1.10. The molecule has 0 saturated carbocycles. The third kappa shape index (κ3) is 6.03. The van der Waals surface area contributed by atoms with E-state index in [-0.39, 0.29) is 19.4 Å². The Hall–Kier alpha value is -3.86. The van der Waals surface area contributed by atoms with Crippen LogP contribution in [0.1, 0.15) is 32.3 Å². The number of benzene rings is 2. The first kappa shape index (κ1) is 26.7. The van der Waals surface area contributed by atoms with Crippen molar-refractivity contribution in [3.05, 3.63) is 60.2 Å². The van der Waals surface area contributed by atoms with Crippen molar-refractivity contribution >= 4 is 47.0 Å². The number of carboxylic acid groups (broad SMARTS) is 1. The number of hydrogen-bond donors (Lipinski definition) is 4.